The molecule has 4 aromatic rings. The predicted octanol–water partition coefficient (Wildman–Crippen LogP) is 3.81. The van der Waals surface area contributed by atoms with Crippen LogP contribution in [0.2, 0.25) is 0 Å². The number of anilines is 2. The largest absolute Gasteiger partial charge is 0.493 e. The molecular formula is C24H24N6O3. The van der Waals surface area contributed by atoms with E-state index in [4.69, 9.17) is 9.47 Å². The van der Waals surface area contributed by atoms with Gasteiger partial charge in [0.1, 0.15) is 18.2 Å². The molecule has 168 valence electrons. The number of H-pyrrole nitrogens is 1. The first-order chi connectivity index (χ1) is 16.2. The second-order valence-corrected chi connectivity index (χ2v) is 7.85. The molecule has 2 aromatic heterocycles. The number of nitrogens with zero attached hydrogens (tertiary/aromatic N) is 4. The molecule has 0 unspecified atom stereocenters. The van der Waals surface area contributed by atoms with E-state index in [0.717, 1.165) is 40.3 Å². The number of amides is 1. The number of hydrogen-bond acceptors (Lipinski definition) is 7. The van der Waals surface area contributed by atoms with Gasteiger partial charge in [0.2, 0.25) is 5.91 Å². The van der Waals surface area contributed by atoms with Crippen molar-refractivity contribution in [2.24, 2.45) is 0 Å². The summed E-state index contributed by atoms with van der Waals surface area (Å²) < 4.78 is 11.9. The number of fused-ring (bicyclic) bond motifs is 2. The van der Waals surface area contributed by atoms with Gasteiger partial charge in [-0.05, 0) is 18.2 Å². The number of hydrogen-bond donors (Lipinski definition) is 2. The number of piperidine rings is 1. The molecule has 2 N–H and O–H groups in total. The van der Waals surface area contributed by atoms with E-state index in [0.29, 0.717) is 30.4 Å². The number of rotatable bonds is 6. The molecule has 0 bridgehead atoms. The fraction of sp³-hybridized carbons (Fsp3) is 0.250. The number of ether oxygens (including phenoxy) is 2. The second kappa shape index (κ2) is 8.78. The molecule has 0 radical (unpaired) electrons. The maximum Gasteiger partial charge on any atom is 0.245 e. The van der Waals surface area contributed by atoms with E-state index in [1.54, 1.807) is 18.2 Å². The molecular weight excluding hydrogens is 420 g/mol. The van der Waals surface area contributed by atoms with Crippen molar-refractivity contribution >= 4 is 39.2 Å². The quantitative estimate of drug-likeness (QED) is 0.436. The summed E-state index contributed by atoms with van der Waals surface area (Å²) in [6, 6.07) is 9.68. The molecule has 5 rings (SSSR count). The molecule has 33 heavy (non-hydrogen) atoms. The number of para-hydroxylation sites is 1. The van der Waals surface area contributed by atoms with Crippen molar-refractivity contribution < 1.29 is 14.3 Å². The Balaban J connectivity index is 1.44. The minimum Gasteiger partial charge on any atom is -0.493 e. The summed E-state index contributed by atoms with van der Waals surface area (Å²) in [5.41, 5.74) is 2.50. The summed E-state index contributed by atoms with van der Waals surface area (Å²) in [5, 5.41) is 12.4. The molecule has 0 spiro atoms. The molecule has 9 heteroatoms. The number of nitrogens with one attached hydrogen (secondary N) is 2. The number of methoxy groups -OCH3 is 1. The Morgan fingerprint density at radius 2 is 2.09 bits per heavy atom. The molecule has 1 aliphatic heterocycles. The van der Waals surface area contributed by atoms with Gasteiger partial charge in [-0.25, -0.2) is 9.97 Å². The summed E-state index contributed by atoms with van der Waals surface area (Å²) >= 11 is 0. The van der Waals surface area contributed by atoms with Crippen molar-refractivity contribution in [3.05, 3.63) is 55.5 Å². The lowest BCUT2D eigenvalue weighted by Crippen LogP contribution is -2.41. The lowest BCUT2D eigenvalue weighted by atomic mass is 10.1. The van der Waals surface area contributed by atoms with E-state index >= 15 is 0 Å². The summed E-state index contributed by atoms with van der Waals surface area (Å²) in [6.07, 6.45) is 6.10. The van der Waals surface area contributed by atoms with Crippen LogP contribution in [0.5, 0.6) is 11.5 Å². The highest BCUT2D eigenvalue weighted by molar-refractivity contribution is 5.97. The van der Waals surface area contributed by atoms with Crippen LogP contribution < -0.4 is 14.8 Å². The highest BCUT2D eigenvalue weighted by atomic mass is 16.5. The molecule has 9 nitrogen and oxygen atoms in total. The maximum absolute atomic E-state index is 11.9. The van der Waals surface area contributed by atoms with E-state index in [2.05, 4.69) is 32.1 Å². The molecule has 1 fully saturated rings. The Hall–Kier alpha value is -4.14. The van der Waals surface area contributed by atoms with Crippen LogP contribution in [0.1, 0.15) is 12.8 Å². The molecule has 2 aromatic carbocycles. The van der Waals surface area contributed by atoms with Crippen molar-refractivity contribution in [2.75, 3.05) is 25.5 Å². The van der Waals surface area contributed by atoms with E-state index in [-0.39, 0.29) is 12.0 Å². The Morgan fingerprint density at radius 3 is 2.88 bits per heavy atom. The smallest absolute Gasteiger partial charge is 0.245 e. The van der Waals surface area contributed by atoms with Gasteiger partial charge < -0.3 is 19.7 Å². The van der Waals surface area contributed by atoms with E-state index in [1.165, 1.54) is 12.4 Å². The topological polar surface area (TPSA) is 105 Å². The summed E-state index contributed by atoms with van der Waals surface area (Å²) in [7, 11) is 1.61. The molecule has 3 heterocycles. The average molecular weight is 444 g/mol. The SMILES string of the molecule is C=CC(=O)N1CCC(Oc2cc3c(Nc4cccc5cn[nH]c45)ncnc3cc2OC)CC1. The number of carbonyl (C=O) groups excluding carboxylic acids is 1. The Kier molecular flexibility index (Phi) is 5.52. The Bertz CT molecular complexity index is 1330. The molecule has 1 amide bonds. The molecule has 1 aliphatic rings. The van der Waals surface area contributed by atoms with Gasteiger partial charge in [-0.2, -0.15) is 5.10 Å². The summed E-state index contributed by atoms with van der Waals surface area (Å²) in [6.45, 7) is 4.83. The zero-order valence-corrected chi connectivity index (χ0v) is 18.2. The number of aromatic nitrogens is 4. The van der Waals surface area contributed by atoms with Gasteiger partial charge in [-0.3, -0.25) is 9.89 Å². The van der Waals surface area contributed by atoms with Gasteiger partial charge in [0.05, 0.1) is 30.0 Å². The van der Waals surface area contributed by atoms with Crippen LogP contribution in [-0.2, 0) is 4.79 Å². The number of carbonyl (C=O) groups is 1. The zero-order valence-electron chi connectivity index (χ0n) is 18.2. The second-order valence-electron chi connectivity index (χ2n) is 7.85. The third-order valence-corrected chi connectivity index (χ3v) is 5.87. The summed E-state index contributed by atoms with van der Waals surface area (Å²) in [5.74, 6) is 1.83. The Morgan fingerprint density at radius 1 is 1.24 bits per heavy atom. The summed E-state index contributed by atoms with van der Waals surface area (Å²) in [4.78, 5) is 22.5. The first kappa shape index (κ1) is 20.7. The molecule has 0 atom stereocenters. The van der Waals surface area contributed by atoms with E-state index < -0.39 is 0 Å². The normalized spacial score (nSPS) is 14.4. The van der Waals surface area contributed by atoms with Gasteiger partial charge in [-0.15, -0.1) is 0 Å². The number of likely N-dealkylation sites (tertiary alicyclic amines) is 1. The first-order valence-corrected chi connectivity index (χ1v) is 10.8. The standard InChI is InChI=1S/C24H24N6O3/c1-3-22(31)30-9-7-16(8-10-30)33-21-11-17-19(12-20(21)32-2)25-14-26-24(17)28-18-6-4-5-15-13-27-29-23(15)18/h3-6,11-14,16H,1,7-10H2,2H3,(H,27,29)(H,25,26,28). The monoisotopic (exact) mass is 444 g/mol. The first-order valence-electron chi connectivity index (χ1n) is 10.8. The van der Waals surface area contributed by atoms with Crippen LogP contribution in [0.15, 0.2) is 55.5 Å². The minimum atomic E-state index is -0.0445. The predicted molar refractivity (Wildman–Crippen MR) is 126 cm³/mol. The number of aromatic amines is 1. The van der Waals surface area contributed by atoms with Crippen molar-refractivity contribution in [3.63, 3.8) is 0 Å². The van der Waals surface area contributed by atoms with Gasteiger partial charge >= 0.3 is 0 Å². The molecule has 1 saturated heterocycles. The van der Waals surface area contributed by atoms with Crippen molar-refractivity contribution in [2.45, 2.75) is 18.9 Å². The Labute approximate surface area is 190 Å². The maximum atomic E-state index is 11.9. The van der Waals surface area contributed by atoms with E-state index in [9.17, 15) is 4.79 Å². The lowest BCUT2D eigenvalue weighted by molar-refractivity contribution is -0.127. The van der Waals surface area contributed by atoms with Crippen molar-refractivity contribution in [3.8, 4) is 11.5 Å². The van der Waals surface area contributed by atoms with Crippen LogP contribution in [0.3, 0.4) is 0 Å². The highest BCUT2D eigenvalue weighted by Crippen LogP contribution is 2.36. The number of benzene rings is 2. The average Bonchev–Trinajstić information content (AvgIpc) is 3.34. The van der Waals surface area contributed by atoms with Gasteiger partial charge in [0, 0.05) is 42.8 Å². The van der Waals surface area contributed by atoms with Gasteiger partial charge in [-0.1, -0.05) is 18.7 Å². The van der Waals surface area contributed by atoms with Crippen LogP contribution in [0.25, 0.3) is 21.8 Å². The zero-order chi connectivity index (χ0) is 22.8. The fourth-order valence-electron chi connectivity index (χ4n) is 4.12. The van der Waals surface area contributed by atoms with Crippen molar-refractivity contribution in [1.82, 2.24) is 25.1 Å². The third kappa shape index (κ3) is 4.05. The van der Waals surface area contributed by atoms with Crippen LogP contribution in [-0.4, -0.2) is 57.3 Å². The van der Waals surface area contributed by atoms with Gasteiger partial charge in [0.25, 0.3) is 0 Å². The molecule has 0 aliphatic carbocycles. The van der Waals surface area contributed by atoms with E-state index in [1.807, 2.05) is 30.3 Å². The fourth-order valence-corrected chi connectivity index (χ4v) is 4.12. The molecule has 0 saturated carbocycles. The van der Waals surface area contributed by atoms with Crippen LogP contribution in [0, 0.1) is 0 Å². The van der Waals surface area contributed by atoms with Crippen LogP contribution in [0.4, 0.5) is 11.5 Å². The minimum absolute atomic E-state index is 0.0232. The van der Waals surface area contributed by atoms with Crippen LogP contribution >= 0.6 is 0 Å². The third-order valence-electron chi connectivity index (χ3n) is 5.87. The highest BCUT2D eigenvalue weighted by Gasteiger charge is 2.24. The lowest BCUT2D eigenvalue weighted by Gasteiger charge is -2.31. The van der Waals surface area contributed by atoms with Gasteiger partial charge in [0.15, 0.2) is 11.5 Å². The van der Waals surface area contributed by atoms with Crippen molar-refractivity contribution in [1.29, 1.82) is 0 Å².